The van der Waals surface area contributed by atoms with Gasteiger partial charge in [-0.1, -0.05) is 38.3 Å². The van der Waals surface area contributed by atoms with E-state index in [1.54, 1.807) is 0 Å². The topological polar surface area (TPSA) is 38.3 Å². The van der Waals surface area contributed by atoms with Crippen LogP contribution in [0.1, 0.15) is 46.5 Å². The Kier molecular flexibility index (Phi) is 7.53. The van der Waals surface area contributed by atoms with Gasteiger partial charge in [0.15, 0.2) is 0 Å². The van der Waals surface area contributed by atoms with Gasteiger partial charge in [0.05, 0.1) is 11.6 Å². The summed E-state index contributed by atoms with van der Waals surface area (Å²) < 4.78 is 6.10. The van der Waals surface area contributed by atoms with Gasteiger partial charge in [-0.15, -0.1) is 0 Å². The molecule has 1 aromatic rings. The molecule has 0 unspecified atom stereocenters. The molecule has 1 rings (SSSR count). The second-order valence-corrected chi connectivity index (χ2v) is 6.32. The van der Waals surface area contributed by atoms with Crippen LogP contribution >= 0.6 is 27.5 Å². The first-order chi connectivity index (χ1) is 9.99. The molecule has 0 aliphatic heterocycles. The predicted molar refractivity (Wildman–Crippen MR) is 92.0 cm³/mol. The number of ether oxygens (including phenoxy) is 1. The van der Waals surface area contributed by atoms with Crippen molar-refractivity contribution >= 4 is 39.2 Å². The normalized spacial score (nSPS) is 11.3. The van der Waals surface area contributed by atoms with Crippen molar-refractivity contribution in [2.75, 3.05) is 11.9 Å². The van der Waals surface area contributed by atoms with E-state index >= 15 is 0 Å². The zero-order valence-corrected chi connectivity index (χ0v) is 15.2. The lowest BCUT2D eigenvalue weighted by molar-refractivity contribution is -0.149. The van der Waals surface area contributed by atoms with Crippen LogP contribution in [0.3, 0.4) is 0 Å². The number of halogens is 2. The van der Waals surface area contributed by atoms with Crippen LogP contribution in [-0.2, 0) is 9.53 Å². The number of anilines is 1. The maximum Gasteiger partial charge on any atom is 0.331 e. The first-order valence-electron chi connectivity index (χ1n) is 7.39. The van der Waals surface area contributed by atoms with Gasteiger partial charge in [0.25, 0.3) is 0 Å². The van der Waals surface area contributed by atoms with Gasteiger partial charge in [0.1, 0.15) is 5.54 Å². The monoisotopic (exact) mass is 375 g/mol. The van der Waals surface area contributed by atoms with Crippen LogP contribution in [0.4, 0.5) is 5.69 Å². The Labute approximate surface area is 140 Å². The molecule has 118 valence electrons. The summed E-state index contributed by atoms with van der Waals surface area (Å²) >= 11 is 9.43. The van der Waals surface area contributed by atoms with Crippen LogP contribution in [-0.4, -0.2) is 18.1 Å². The molecule has 3 nitrogen and oxygen atoms in total. The summed E-state index contributed by atoms with van der Waals surface area (Å²) in [6, 6.07) is 5.58. The number of hydrogen-bond donors (Lipinski definition) is 1. The van der Waals surface area contributed by atoms with Gasteiger partial charge in [0.2, 0.25) is 0 Å². The number of benzene rings is 1. The molecule has 0 aliphatic carbocycles. The van der Waals surface area contributed by atoms with Crippen molar-refractivity contribution in [1.82, 2.24) is 0 Å². The molecule has 0 radical (unpaired) electrons. The summed E-state index contributed by atoms with van der Waals surface area (Å²) in [5, 5.41) is 4.03. The number of carbonyl (C=O) groups is 1. The van der Waals surface area contributed by atoms with Crippen LogP contribution < -0.4 is 5.32 Å². The van der Waals surface area contributed by atoms with Crippen LogP contribution in [0.15, 0.2) is 22.7 Å². The van der Waals surface area contributed by atoms with Crippen LogP contribution in [0, 0.1) is 0 Å². The van der Waals surface area contributed by atoms with Crippen molar-refractivity contribution in [1.29, 1.82) is 0 Å². The number of carbonyl (C=O) groups excluding carboxylic acids is 1. The molecule has 1 aromatic carbocycles. The molecular weight excluding hydrogens is 354 g/mol. The fraction of sp³-hybridized carbons (Fsp3) is 0.562. The number of hydrogen-bond acceptors (Lipinski definition) is 3. The third-order valence-corrected chi connectivity index (χ3v) is 4.54. The molecule has 0 amide bonds. The quantitative estimate of drug-likeness (QED) is 0.616. The van der Waals surface area contributed by atoms with Gasteiger partial charge in [-0.3, -0.25) is 0 Å². The maximum absolute atomic E-state index is 12.5. The molecule has 1 N–H and O–H groups in total. The lowest BCUT2D eigenvalue weighted by Crippen LogP contribution is -2.47. The average Bonchev–Trinajstić information content (AvgIpc) is 2.43. The van der Waals surface area contributed by atoms with Crippen LogP contribution in [0.2, 0.25) is 5.02 Å². The zero-order chi connectivity index (χ0) is 15.9. The molecule has 0 fully saturated rings. The summed E-state index contributed by atoms with van der Waals surface area (Å²) in [6.07, 6.45) is 3.28. The highest BCUT2D eigenvalue weighted by atomic mass is 79.9. The molecule has 0 saturated carbocycles. The molecule has 0 saturated heterocycles. The zero-order valence-electron chi connectivity index (χ0n) is 12.8. The van der Waals surface area contributed by atoms with Crippen molar-refractivity contribution in [2.24, 2.45) is 0 Å². The van der Waals surface area contributed by atoms with Gasteiger partial charge in [-0.2, -0.15) is 0 Å². The van der Waals surface area contributed by atoms with Gasteiger partial charge in [0, 0.05) is 10.2 Å². The standard InChI is InChI=1S/C16H23BrClNO2/c1-4-9-16(10-5-2,15(20)21-6-3)19-12-7-8-14(18)13(17)11-12/h7-8,11,19H,4-6,9-10H2,1-3H3. The Morgan fingerprint density at radius 1 is 1.29 bits per heavy atom. The number of nitrogens with one attached hydrogen (secondary N) is 1. The molecule has 5 heteroatoms. The summed E-state index contributed by atoms with van der Waals surface area (Å²) in [4.78, 5) is 12.5. The summed E-state index contributed by atoms with van der Waals surface area (Å²) in [5.41, 5.74) is 0.188. The Bertz CT molecular complexity index is 473. The highest BCUT2D eigenvalue weighted by Crippen LogP contribution is 2.31. The first kappa shape index (κ1) is 18.3. The molecular formula is C16H23BrClNO2. The Balaban J connectivity index is 3.09. The van der Waals surface area contributed by atoms with E-state index in [-0.39, 0.29) is 5.97 Å². The minimum Gasteiger partial charge on any atom is -0.464 e. The van der Waals surface area contributed by atoms with E-state index in [0.29, 0.717) is 11.6 Å². The van der Waals surface area contributed by atoms with E-state index in [2.05, 4.69) is 35.1 Å². The Morgan fingerprint density at radius 2 is 1.90 bits per heavy atom. The second-order valence-electron chi connectivity index (χ2n) is 5.06. The van der Waals surface area contributed by atoms with Gasteiger partial charge >= 0.3 is 5.97 Å². The van der Waals surface area contributed by atoms with Crippen molar-refractivity contribution < 1.29 is 9.53 Å². The van der Waals surface area contributed by atoms with E-state index in [4.69, 9.17) is 16.3 Å². The third-order valence-electron chi connectivity index (χ3n) is 3.32. The molecule has 0 atom stereocenters. The minimum atomic E-state index is -0.674. The lowest BCUT2D eigenvalue weighted by atomic mass is 9.88. The van der Waals surface area contributed by atoms with Crippen molar-refractivity contribution in [3.63, 3.8) is 0 Å². The minimum absolute atomic E-state index is 0.181. The van der Waals surface area contributed by atoms with Crippen molar-refractivity contribution in [2.45, 2.75) is 52.0 Å². The summed E-state index contributed by atoms with van der Waals surface area (Å²) in [6.45, 7) is 6.37. The van der Waals surface area contributed by atoms with Crippen molar-refractivity contribution in [3.05, 3.63) is 27.7 Å². The number of rotatable bonds is 8. The van der Waals surface area contributed by atoms with Gasteiger partial charge < -0.3 is 10.1 Å². The Morgan fingerprint density at radius 3 is 2.38 bits per heavy atom. The lowest BCUT2D eigenvalue weighted by Gasteiger charge is -2.33. The third kappa shape index (κ3) is 4.89. The molecule has 0 spiro atoms. The predicted octanol–water partition coefficient (Wildman–Crippen LogP) is 5.42. The molecule has 0 heterocycles. The maximum atomic E-state index is 12.5. The van der Waals surface area contributed by atoms with Gasteiger partial charge in [-0.05, 0) is 53.9 Å². The van der Waals surface area contributed by atoms with Gasteiger partial charge in [-0.25, -0.2) is 4.79 Å². The Hall–Kier alpha value is -0.740. The average molecular weight is 377 g/mol. The highest BCUT2D eigenvalue weighted by Gasteiger charge is 2.38. The molecule has 0 bridgehead atoms. The summed E-state index contributed by atoms with van der Waals surface area (Å²) in [5.74, 6) is -0.181. The first-order valence-corrected chi connectivity index (χ1v) is 8.56. The van der Waals surface area contributed by atoms with E-state index in [1.807, 2.05) is 25.1 Å². The van der Waals surface area contributed by atoms with Crippen molar-refractivity contribution in [3.8, 4) is 0 Å². The molecule has 0 aromatic heterocycles. The summed E-state index contributed by atoms with van der Waals surface area (Å²) in [7, 11) is 0. The largest absolute Gasteiger partial charge is 0.464 e. The molecule has 21 heavy (non-hydrogen) atoms. The highest BCUT2D eigenvalue weighted by molar-refractivity contribution is 9.10. The van der Waals surface area contributed by atoms with E-state index in [9.17, 15) is 4.79 Å². The molecule has 0 aliphatic rings. The van der Waals surface area contributed by atoms with E-state index < -0.39 is 5.54 Å². The van der Waals surface area contributed by atoms with Crippen LogP contribution in [0.25, 0.3) is 0 Å². The number of esters is 1. The van der Waals surface area contributed by atoms with E-state index in [0.717, 1.165) is 35.8 Å². The SMILES string of the molecule is CCCC(CCC)(Nc1ccc(Cl)c(Br)c1)C(=O)OCC. The second kappa shape index (κ2) is 8.64. The smallest absolute Gasteiger partial charge is 0.331 e. The fourth-order valence-corrected chi connectivity index (χ4v) is 2.97. The van der Waals surface area contributed by atoms with Crippen LogP contribution in [0.5, 0.6) is 0 Å². The van der Waals surface area contributed by atoms with E-state index in [1.165, 1.54) is 0 Å². The fourth-order valence-electron chi connectivity index (χ4n) is 2.48.